The highest BCUT2D eigenvalue weighted by atomic mass is 16.5. The van der Waals surface area contributed by atoms with Gasteiger partial charge in [0.25, 0.3) is 0 Å². The Balaban J connectivity index is 1.51. The van der Waals surface area contributed by atoms with Crippen molar-refractivity contribution >= 4 is 23.4 Å². The number of methoxy groups -OCH3 is 1. The summed E-state index contributed by atoms with van der Waals surface area (Å²) in [5.74, 6) is 0.767. The molecule has 0 saturated heterocycles. The molecule has 1 aliphatic heterocycles. The van der Waals surface area contributed by atoms with E-state index in [0.29, 0.717) is 39.8 Å². The second kappa shape index (κ2) is 10.6. The summed E-state index contributed by atoms with van der Waals surface area (Å²) in [6, 6.07) is 23.0. The highest BCUT2D eigenvalue weighted by Gasteiger charge is 2.32. The second-order valence-electron chi connectivity index (χ2n) is 10.3. The van der Waals surface area contributed by atoms with Gasteiger partial charge >= 0.3 is 12.0 Å². The van der Waals surface area contributed by atoms with Crippen LogP contribution in [0, 0.1) is 6.92 Å². The Bertz CT molecular complexity index is 1610. The minimum atomic E-state index is -1.10. The lowest BCUT2D eigenvalue weighted by atomic mass is 10.0. The van der Waals surface area contributed by atoms with Gasteiger partial charge in [-0.25, -0.2) is 9.59 Å². The van der Waals surface area contributed by atoms with Crippen LogP contribution in [0.1, 0.15) is 35.3 Å². The van der Waals surface area contributed by atoms with Gasteiger partial charge in [-0.1, -0.05) is 36.4 Å². The van der Waals surface area contributed by atoms with E-state index in [0.717, 1.165) is 17.5 Å². The maximum atomic E-state index is 13.0. The summed E-state index contributed by atoms with van der Waals surface area (Å²) in [6.07, 6.45) is 0.756. The van der Waals surface area contributed by atoms with Crippen LogP contribution in [0.3, 0.4) is 0 Å². The number of amides is 2. The number of aromatic carboxylic acids is 1. The van der Waals surface area contributed by atoms with Crippen molar-refractivity contribution in [2.45, 2.75) is 32.8 Å². The summed E-state index contributed by atoms with van der Waals surface area (Å²) in [5, 5.41) is 15.4. The van der Waals surface area contributed by atoms with Crippen LogP contribution in [0.25, 0.3) is 11.1 Å². The lowest BCUT2D eigenvalue weighted by molar-refractivity contribution is 0.0693. The number of para-hydroxylation sites is 1. The molecule has 1 heterocycles. The Labute approximate surface area is 232 Å². The fraction of sp³-hybridized carbons (Fsp3) is 0.188. The van der Waals surface area contributed by atoms with E-state index in [9.17, 15) is 14.7 Å². The molecule has 0 bridgehead atoms. The van der Waals surface area contributed by atoms with Crippen LogP contribution in [-0.4, -0.2) is 29.8 Å². The molecule has 40 heavy (non-hydrogen) atoms. The van der Waals surface area contributed by atoms with E-state index in [1.54, 1.807) is 36.4 Å². The SMILES string of the molecule is COc1ccc(-c2ccc(Oc3cccc4c3OC(C)(C)C4)c(NC(=O)Nc3cccc(C)c3)c2)cc1C(=O)O. The lowest BCUT2D eigenvalue weighted by Gasteiger charge is -2.19. The number of carbonyl (C=O) groups excluding carboxylic acids is 1. The number of aryl methyl sites for hydroxylation is 1. The first-order chi connectivity index (χ1) is 19.1. The van der Waals surface area contributed by atoms with Crippen molar-refractivity contribution in [3.05, 3.63) is 95.6 Å². The summed E-state index contributed by atoms with van der Waals surface area (Å²) in [7, 11) is 1.42. The van der Waals surface area contributed by atoms with Gasteiger partial charge in [0.05, 0.1) is 12.8 Å². The Morgan fingerprint density at radius 1 is 0.875 bits per heavy atom. The fourth-order valence-electron chi connectivity index (χ4n) is 4.74. The van der Waals surface area contributed by atoms with Gasteiger partial charge in [-0.2, -0.15) is 0 Å². The van der Waals surface area contributed by atoms with Crippen LogP contribution >= 0.6 is 0 Å². The molecule has 0 spiro atoms. The third-order valence-corrected chi connectivity index (χ3v) is 6.54. The minimum absolute atomic E-state index is 0.0339. The lowest BCUT2D eigenvalue weighted by Crippen LogP contribution is -2.24. The van der Waals surface area contributed by atoms with Crippen LogP contribution in [0.2, 0.25) is 0 Å². The van der Waals surface area contributed by atoms with Crippen molar-refractivity contribution < 1.29 is 28.9 Å². The number of rotatable bonds is 7. The van der Waals surface area contributed by atoms with E-state index in [1.165, 1.54) is 13.2 Å². The average Bonchev–Trinajstić information content (AvgIpc) is 3.24. The molecule has 0 aliphatic carbocycles. The summed E-state index contributed by atoms with van der Waals surface area (Å²) in [5.41, 5.74) is 4.10. The van der Waals surface area contributed by atoms with Crippen molar-refractivity contribution in [3.63, 3.8) is 0 Å². The number of fused-ring (bicyclic) bond motifs is 1. The fourth-order valence-corrected chi connectivity index (χ4v) is 4.74. The maximum Gasteiger partial charge on any atom is 0.339 e. The molecule has 1 aliphatic rings. The topological polar surface area (TPSA) is 106 Å². The standard InChI is InChI=1S/C32H30N2O6/c1-19-7-5-9-23(15-19)33-31(37)34-25-17-21(20-11-13-26(38-4)24(16-20)30(35)36)12-14-27(25)39-28-10-6-8-22-18-32(2,3)40-29(22)28/h5-17H,18H2,1-4H3,(H,35,36)(H2,33,34,37). The van der Waals surface area contributed by atoms with Gasteiger partial charge in [-0.3, -0.25) is 0 Å². The summed E-state index contributed by atoms with van der Waals surface area (Å²) in [4.78, 5) is 24.8. The molecule has 5 rings (SSSR count). The summed E-state index contributed by atoms with van der Waals surface area (Å²) >= 11 is 0. The molecular weight excluding hydrogens is 508 g/mol. The molecule has 204 valence electrons. The van der Waals surface area contributed by atoms with Crippen LogP contribution in [0.15, 0.2) is 78.9 Å². The van der Waals surface area contributed by atoms with Crippen LogP contribution < -0.4 is 24.8 Å². The number of ether oxygens (including phenoxy) is 3. The number of urea groups is 1. The number of anilines is 2. The maximum absolute atomic E-state index is 13.0. The normalized spacial score (nSPS) is 13.1. The summed E-state index contributed by atoms with van der Waals surface area (Å²) in [6.45, 7) is 5.99. The molecule has 4 aromatic rings. The molecule has 4 aromatic carbocycles. The number of carboxylic acids is 1. The van der Waals surface area contributed by atoms with Gasteiger partial charge < -0.3 is 30.0 Å². The van der Waals surface area contributed by atoms with Gasteiger partial charge in [-0.05, 0) is 79.9 Å². The van der Waals surface area contributed by atoms with Crippen molar-refractivity contribution in [3.8, 4) is 34.1 Å². The Morgan fingerprint density at radius 3 is 2.33 bits per heavy atom. The average molecular weight is 539 g/mol. The molecular formula is C32H30N2O6. The molecule has 0 saturated carbocycles. The smallest absolute Gasteiger partial charge is 0.339 e. The van der Waals surface area contributed by atoms with E-state index in [1.807, 2.05) is 57.2 Å². The van der Waals surface area contributed by atoms with E-state index >= 15 is 0 Å². The van der Waals surface area contributed by atoms with Crippen molar-refractivity contribution in [1.29, 1.82) is 0 Å². The van der Waals surface area contributed by atoms with Crippen molar-refractivity contribution in [2.75, 3.05) is 17.7 Å². The quantitative estimate of drug-likeness (QED) is 0.225. The molecule has 8 heteroatoms. The van der Waals surface area contributed by atoms with E-state index < -0.39 is 12.0 Å². The molecule has 0 radical (unpaired) electrons. The van der Waals surface area contributed by atoms with Crippen LogP contribution in [0.4, 0.5) is 16.2 Å². The zero-order chi connectivity index (χ0) is 28.4. The molecule has 8 nitrogen and oxygen atoms in total. The number of nitrogens with one attached hydrogen (secondary N) is 2. The van der Waals surface area contributed by atoms with Gasteiger partial charge in [0.1, 0.15) is 16.9 Å². The molecule has 0 fully saturated rings. The van der Waals surface area contributed by atoms with Crippen molar-refractivity contribution in [2.24, 2.45) is 0 Å². The molecule has 3 N–H and O–H groups in total. The predicted octanol–water partition coefficient (Wildman–Crippen LogP) is 7.52. The Morgan fingerprint density at radius 2 is 1.60 bits per heavy atom. The minimum Gasteiger partial charge on any atom is -0.496 e. The highest BCUT2D eigenvalue weighted by Crippen LogP contribution is 2.45. The first-order valence-corrected chi connectivity index (χ1v) is 12.8. The number of benzene rings is 4. The monoisotopic (exact) mass is 538 g/mol. The largest absolute Gasteiger partial charge is 0.496 e. The third kappa shape index (κ3) is 5.71. The third-order valence-electron chi connectivity index (χ3n) is 6.54. The summed E-state index contributed by atoms with van der Waals surface area (Å²) < 4.78 is 17.7. The number of carboxylic acid groups (broad SMARTS) is 1. The first-order valence-electron chi connectivity index (χ1n) is 12.8. The van der Waals surface area contributed by atoms with Gasteiger partial charge in [0.15, 0.2) is 17.2 Å². The van der Waals surface area contributed by atoms with Gasteiger partial charge in [0, 0.05) is 17.7 Å². The highest BCUT2D eigenvalue weighted by molar-refractivity contribution is 6.01. The Kier molecular flexibility index (Phi) is 7.09. The molecule has 0 atom stereocenters. The first kappa shape index (κ1) is 26.6. The number of hydrogen-bond donors (Lipinski definition) is 3. The second-order valence-corrected chi connectivity index (χ2v) is 10.3. The molecule has 0 unspecified atom stereocenters. The predicted molar refractivity (Wildman–Crippen MR) is 154 cm³/mol. The molecule has 0 aromatic heterocycles. The van der Waals surface area contributed by atoms with Gasteiger partial charge in [-0.15, -0.1) is 0 Å². The van der Waals surface area contributed by atoms with Crippen LogP contribution in [-0.2, 0) is 6.42 Å². The van der Waals surface area contributed by atoms with E-state index in [-0.39, 0.29) is 16.9 Å². The van der Waals surface area contributed by atoms with E-state index in [2.05, 4.69) is 10.6 Å². The van der Waals surface area contributed by atoms with E-state index in [4.69, 9.17) is 14.2 Å². The van der Waals surface area contributed by atoms with Crippen molar-refractivity contribution in [1.82, 2.24) is 0 Å². The zero-order valence-electron chi connectivity index (χ0n) is 22.7. The molecule has 2 amide bonds. The zero-order valence-corrected chi connectivity index (χ0v) is 22.7. The number of carbonyl (C=O) groups is 2. The number of hydrogen-bond acceptors (Lipinski definition) is 5. The Hall–Kier alpha value is -4.98. The van der Waals surface area contributed by atoms with Gasteiger partial charge in [0.2, 0.25) is 0 Å². The van der Waals surface area contributed by atoms with Crippen LogP contribution in [0.5, 0.6) is 23.0 Å².